The van der Waals surface area contributed by atoms with E-state index in [1.165, 1.54) is 15.7 Å². The Balaban J connectivity index is 0.00000225. The van der Waals surface area contributed by atoms with E-state index >= 15 is 0 Å². The van der Waals surface area contributed by atoms with E-state index in [1.807, 2.05) is 18.4 Å². The summed E-state index contributed by atoms with van der Waals surface area (Å²) in [6.45, 7) is 7.14. The zero-order chi connectivity index (χ0) is 16.8. The second-order valence-electron chi connectivity index (χ2n) is 5.74. The molecule has 0 atom stereocenters. The molecule has 1 aliphatic heterocycles. The standard InChI is InChI=1S/C17H25N5S2.HI/c1-3-15-20-14(13-24-15)6-7-19-17(18-2)22-10-8-21(9-11-22)16-5-4-12-23-16;/h4-5,12-13H,3,6-11H2,1-2H3,(H,18,19);1H. The molecule has 0 saturated carbocycles. The molecule has 0 radical (unpaired) electrons. The van der Waals surface area contributed by atoms with E-state index in [1.54, 1.807) is 11.3 Å². The second-order valence-corrected chi connectivity index (χ2v) is 7.60. The van der Waals surface area contributed by atoms with Gasteiger partial charge in [0.05, 0.1) is 15.7 Å². The second kappa shape index (κ2) is 10.3. The Morgan fingerprint density at radius 3 is 2.68 bits per heavy atom. The summed E-state index contributed by atoms with van der Waals surface area (Å²) in [5.41, 5.74) is 1.18. The molecule has 1 aliphatic rings. The summed E-state index contributed by atoms with van der Waals surface area (Å²) >= 11 is 3.57. The molecule has 2 aromatic rings. The van der Waals surface area contributed by atoms with E-state index in [9.17, 15) is 0 Å². The molecule has 0 amide bonds. The fourth-order valence-electron chi connectivity index (χ4n) is 2.85. The van der Waals surface area contributed by atoms with Crippen LogP contribution in [0.1, 0.15) is 17.6 Å². The number of aliphatic imine (C=N–C) groups is 1. The van der Waals surface area contributed by atoms with Crippen molar-refractivity contribution < 1.29 is 0 Å². The highest BCUT2D eigenvalue weighted by Gasteiger charge is 2.20. The normalized spacial score (nSPS) is 15.2. The van der Waals surface area contributed by atoms with Crippen LogP contribution in [0, 0.1) is 0 Å². The molecule has 0 aromatic carbocycles. The number of thiazole rings is 1. The van der Waals surface area contributed by atoms with Gasteiger partial charge in [-0.2, -0.15) is 0 Å². The monoisotopic (exact) mass is 491 g/mol. The Labute approximate surface area is 175 Å². The topological polar surface area (TPSA) is 43.8 Å². The van der Waals surface area contributed by atoms with Crippen LogP contribution in [0.2, 0.25) is 0 Å². The van der Waals surface area contributed by atoms with Crippen LogP contribution in [0.5, 0.6) is 0 Å². The predicted octanol–water partition coefficient (Wildman–Crippen LogP) is 3.33. The summed E-state index contributed by atoms with van der Waals surface area (Å²) in [5, 5.41) is 10.4. The third-order valence-corrected chi connectivity index (χ3v) is 6.15. The highest BCUT2D eigenvalue weighted by atomic mass is 127. The molecule has 0 bridgehead atoms. The summed E-state index contributed by atoms with van der Waals surface area (Å²) in [7, 11) is 1.87. The van der Waals surface area contributed by atoms with Gasteiger partial charge < -0.3 is 15.1 Å². The molecule has 0 aliphatic carbocycles. The summed E-state index contributed by atoms with van der Waals surface area (Å²) in [6.07, 6.45) is 1.97. The number of anilines is 1. The first-order valence-corrected chi connectivity index (χ1v) is 10.2. The Kier molecular flexibility index (Phi) is 8.44. The quantitative estimate of drug-likeness (QED) is 0.396. The summed E-state index contributed by atoms with van der Waals surface area (Å²) < 4.78 is 0. The number of thiophene rings is 1. The van der Waals surface area contributed by atoms with Gasteiger partial charge in [0, 0.05) is 51.6 Å². The number of nitrogens with one attached hydrogen (secondary N) is 1. The lowest BCUT2D eigenvalue weighted by Crippen LogP contribution is -2.52. The number of guanidine groups is 1. The van der Waals surface area contributed by atoms with Crippen LogP contribution in [-0.4, -0.2) is 55.6 Å². The zero-order valence-corrected chi connectivity index (χ0v) is 18.7. The maximum atomic E-state index is 4.62. The van der Waals surface area contributed by atoms with Gasteiger partial charge in [-0.25, -0.2) is 4.98 Å². The number of halogens is 1. The summed E-state index contributed by atoms with van der Waals surface area (Å²) in [5.74, 6) is 1.01. The molecule has 5 nitrogen and oxygen atoms in total. The van der Waals surface area contributed by atoms with E-state index in [-0.39, 0.29) is 24.0 Å². The van der Waals surface area contributed by atoms with Gasteiger partial charge in [0.2, 0.25) is 0 Å². The number of rotatable bonds is 5. The van der Waals surface area contributed by atoms with Crippen molar-refractivity contribution in [2.24, 2.45) is 4.99 Å². The van der Waals surface area contributed by atoms with Crippen LogP contribution in [0.15, 0.2) is 27.9 Å². The minimum atomic E-state index is 0. The van der Waals surface area contributed by atoms with Crippen molar-refractivity contribution in [3.8, 4) is 0 Å². The Bertz CT molecular complexity index is 648. The maximum Gasteiger partial charge on any atom is 0.193 e. The molecule has 3 heterocycles. The van der Waals surface area contributed by atoms with Gasteiger partial charge in [-0.15, -0.1) is 46.7 Å². The number of hydrogen-bond donors (Lipinski definition) is 1. The average Bonchev–Trinajstić information content (AvgIpc) is 3.31. The summed E-state index contributed by atoms with van der Waals surface area (Å²) in [6, 6.07) is 4.32. The first kappa shape index (κ1) is 20.4. The summed E-state index contributed by atoms with van der Waals surface area (Å²) in [4.78, 5) is 13.9. The largest absolute Gasteiger partial charge is 0.360 e. The molecule has 1 N–H and O–H groups in total. The molecule has 138 valence electrons. The highest BCUT2D eigenvalue weighted by Crippen LogP contribution is 2.22. The fraction of sp³-hybridized carbons (Fsp3) is 0.529. The SMILES string of the molecule is CCc1nc(CCNC(=NC)N2CCN(c3cccs3)CC2)cs1.I. The fourth-order valence-corrected chi connectivity index (χ4v) is 4.41. The first-order chi connectivity index (χ1) is 11.8. The van der Waals surface area contributed by atoms with Crippen molar-refractivity contribution in [2.45, 2.75) is 19.8 Å². The molecule has 25 heavy (non-hydrogen) atoms. The van der Waals surface area contributed by atoms with Crippen LogP contribution in [-0.2, 0) is 12.8 Å². The number of aromatic nitrogens is 1. The minimum absolute atomic E-state index is 0. The Morgan fingerprint density at radius 2 is 2.08 bits per heavy atom. The van der Waals surface area contributed by atoms with Crippen molar-refractivity contribution in [1.82, 2.24) is 15.2 Å². The molecule has 8 heteroatoms. The van der Waals surface area contributed by atoms with E-state index < -0.39 is 0 Å². The van der Waals surface area contributed by atoms with Crippen LogP contribution < -0.4 is 10.2 Å². The van der Waals surface area contributed by atoms with Crippen molar-refractivity contribution in [3.63, 3.8) is 0 Å². The average molecular weight is 491 g/mol. The van der Waals surface area contributed by atoms with Crippen molar-refractivity contribution >= 4 is 57.6 Å². The number of piperazine rings is 1. The predicted molar refractivity (Wildman–Crippen MR) is 120 cm³/mol. The number of hydrogen-bond acceptors (Lipinski definition) is 5. The zero-order valence-electron chi connectivity index (χ0n) is 14.8. The van der Waals surface area contributed by atoms with Crippen LogP contribution >= 0.6 is 46.7 Å². The lowest BCUT2D eigenvalue weighted by Gasteiger charge is -2.37. The molecule has 1 saturated heterocycles. The third-order valence-electron chi connectivity index (χ3n) is 4.17. The van der Waals surface area contributed by atoms with E-state index in [0.717, 1.165) is 51.5 Å². The molecular weight excluding hydrogens is 465 g/mol. The number of nitrogens with zero attached hydrogens (tertiary/aromatic N) is 4. The van der Waals surface area contributed by atoms with Crippen molar-refractivity contribution in [3.05, 3.63) is 33.6 Å². The van der Waals surface area contributed by atoms with Gasteiger partial charge in [0.15, 0.2) is 5.96 Å². The van der Waals surface area contributed by atoms with Gasteiger partial charge in [-0.05, 0) is 23.9 Å². The lowest BCUT2D eigenvalue weighted by atomic mass is 10.3. The minimum Gasteiger partial charge on any atom is -0.360 e. The van der Waals surface area contributed by atoms with Gasteiger partial charge in [0.25, 0.3) is 0 Å². The molecule has 3 rings (SSSR count). The first-order valence-electron chi connectivity index (χ1n) is 8.47. The van der Waals surface area contributed by atoms with Crippen molar-refractivity contribution in [2.75, 3.05) is 44.7 Å². The van der Waals surface area contributed by atoms with Crippen LogP contribution in [0.25, 0.3) is 0 Å². The number of aryl methyl sites for hydroxylation is 1. The van der Waals surface area contributed by atoms with E-state index in [4.69, 9.17) is 0 Å². The lowest BCUT2D eigenvalue weighted by molar-refractivity contribution is 0.373. The smallest absolute Gasteiger partial charge is 0.193 e. The molecule has 2 aromatic heterocycles. The maximum absolute atomic E-state index is 4.62. The molecule has 0 unspecified atom stereocenters. The molecule has 0 spiro atoms. The molecule has 1 fully saturated rings. The van der Waals surface area contributed by atoms with Gasteiger partial charge in [-0.3, -0.25) is 4.99 Å². The van der Waals surface area contributed by atoms with Crippen molar-refractivity contribution in [1.29, 1.82) is 0 Å². The van der Waals surface area contributed by atoms with Gasteiger partial charge in [0.1, 0.15) is 0 Å². The van der Waals surface area contributed by atoms with Crippen LogP contribution in [0.3, 0.4) is 0 Å². The third kappa shape index (κ3) is 5.55. The van der Waals surface area contributed by atoms with E-state index in [2.05, 4.69) is 54.9 Å². The van der Waals surface area contributed by atoms with Gasteiger partial charge >= 0.3 is 0 Å². The van der Waals surface area contributed by atoms with Crippen LogP contribution in [0.4, 0.5) is 5.00 Å². The Morgan fingerprint density at radius 1 is 1.28 bits per heavy atom. The highest BCUT2D eigenvalue weighted by molar-refractivity contribution is 14.0. The van der Waals surface area contributed by atoms with E-state index in [0.29, 0.717) is 0 Å². The Hall–Kier alpha value is -0.870. The van der Waals surface area contributed by atoms with Gasteiger partial charge in [-0.1, -0.05) is 6.92 Å². The molecular formula is C17H26IN5S2.